The van der Waals surface area contributed by atoms with Crippen LogP contribution in [0, 0.1) is 0 Å². The molecule has 6 nitrogen and oxygen atoms in total. The Hall–Kier alpha value is -2.73. The van der Waals surface area contributed by atoms with E-state index in [1.165, 1.54) is 0 Å². The zero-order valence-corrected chi connectivity index (χ0v) is 17.8. The first-order valence-electron chi connectivity index (χ1n) is 10.0. The van der Waals surface area contributed by atoms with Gasteiger partial charge in [0.25, 0.3) is 0 Å². The molecule has 0 unspecified atom stereocenters. The molecule has 0 aromatic heterocycles. The van der Waals surface area contributed by atoms with Crippen LogP contribution in [-0.2, 0) is 11.3 Å². The molecule has 0 bridgehead atoms. The number of carbonyl (C=O) groups is 1. The van der Waals surface area contributed by atoms with Gasteiger partial charge < -0.3 is 19.7 Å². The number of carbonyl (C=O) groups excluding carboxylic acids is 1. The molecular weight excluding hydrogens is 366 g/mol. The highest BCUT2D eigenvalue weighted by Gasteiger charge is 2.30. The molecule has 1 aliphatic rings. The topological polar surface area (TPSA) is 54.0 Å². The van der Waals surface area contributed by atoms with Gasteiger partial charge in [0.1, 0.15) is 11.5 Å². The van der Waals surface area contributed by atoms with Crippen molar-refractivity contribution in [1.82, 2.24) is 10.2 Å². The van der Waals surface area contributed by atoms with E-state index in [2.05, 4.69) is 39.4 Å². The molecule has 156 valence electrons. The van der Waals surface area contributed by atoms with Crippen molar-refractivity contribution in [2.75, 3.05) is 46.3 Å². The van der Waals surface area contributed by atoms with Gasteiger partial charge in [-0.1, -0.05) is 12.1 Å². The number of hydrogen-bond donors (Lipinski definition) is 1. The van der Waals surface area contributed by atoms with Crippen molar-refractivity contribution >= 4 is 11.6 Å². The molecule has 0 saturated carbocycles. The zero-order valence-electron chi connectivity index (χ0n) is 17.8. The van der Waals surface area contributed by atoms with Crippen LogP contribution in [0.5, 0.6) is 11.5 Å². The van der Waals surface area contributed by atoms with E-state index in [1.807, 2.05) is 32.3 Å². The Morgan fingerprint density at radius 1 is 1.14 bits per heavy atom. The number of likely N-dealkylation sites (tertiary alicyclic amines) is 1. The van der Waals surface area contributed by atoms with Gasteiger partial charge in [-0.2, -0.15) is 0 Å². The highest BCUT2D eigenvalue weighted by molar-refractivity contribution is 5.78. The van der Waals surface area contributed by atoms with E-state index < -0.39 is 0 Å². The Bertz CT molecular complexity index is 821. The maximum Gasteiger partial charge on any atom is 0.234 e. The number of hydrogen-bond acceptors (Lipinski definition) is 5. The summed E-state index contributed by atoms with van der Waals surface area (Å²) in [5, 5.41) is 3.05. The van der Waals surface area contributed by atoms with E-state index in [-0.39, 0.29) is 11.9 Å². The molecule has 1 aliphatic heterocycles. The maximum atomic E-state index is 12.6. The van der Waals surface area contributed by atoms with Crippen LogP contribution in [-0.4, -0.2) is 52.2 Å². The molecular formula is C23H31N3O3. The van der Waals surface area contributed by atoms with Gasteiger partial charge in [0.15, 0.2) is 0 Å². The summed E-state index contributed by atoms with van der Waals surface area (Å²) in [5.41, 5.74) is 3.32. The van der Waals surface area contributed by atoms with Gasteiger partial charge in [-0.05, 0) is 55.3 Å². The van der Waals surface area contributed by atoms with Crippen molar-refractivity contribution in [1.29, 1.82) is 0 Å². The van der Waals surface area contributed by atoms with Gasteiger partial charge in [0, 0.05) is 37.9 Å². The third kappa shape index (κ3) is 5.21. The van der Waals surface area contributed by atoms with Crippen molar-refractivity contribution in [3.05, 3.63) is 53.6 Å². The molecule has 6 heteroatoms. The summed E-state index contributed by atoms with van der Waals surface area (Å²) >= 11 is 0. The van der Waals surface area contributed by atoms with E-state index in [9.17, 15) is 4.79 Å². The maximum absolute atomic E-state index is 12.6. The Balaban J connectivity index is 1.61. The highest BCUT2D eigenvalue weighted by Crippen LogP contribution is 2.38. The van der Waals surface area contributed by atoms with Crippen LogP contribution < -0.4 is 19.7 Å². The lowest BCUT2D eigenvalue weighted by molar-refractivity contribution is -0.122. The fourth-order valence-electron chi connectivity index (χ4n) is 3.82. The monoisotopic (exact) mass is 397 g/mol. The van der Waals surface area contributed by atoms with Gasteiger partial charge in [-0.15, -0.1) is 0 Å². The zero-order chi connectivity index (χ0) is 20.8. The number of amides is 1. The van der Waals surface area contributed by atoms with E-state index in [0.717, 1.165) is 47.7 Å². The van der Waals surface area contributed by atoms with Crippen molar-refractivity contribution in [3.8, 4) is 11.5 Å². The fraction of sp³-hybridized carbons (Fsp3) is 0.435. The van der Waals surface area contributed by atoms with Crippen LogP contribution in [0.3, 0.4) is 0 Å². The Morgan fingerprint density at radius 3 is 2.55 bits per heavy atom. The molecule has 1 saturated heterocycles. The molecule has 29 heavy (non-hydrogen) atoms. The lowest BCUT2D eigenvalue weighted by Crippen LogP contribution is -2.36. The standard InChI is InChI=1S/C23H31N3O3/c1-25(2)18-9-7-17(8-10-18)15-24-23(27)16-26-13-5-6-21(26)20-14-19(28-3)11-12-22(20)29-4/h7-12,14,21H,5-6,13,15-16H2,1-4H3,(H,24,27)/t21-/m0/s1. The lowest BCUT2D eigenvalue weighted by Gasteiger charge is -2.26. The average Bonchev–Trinajstić information content (AvgIpc) is 3.19. The SMILES string of the molecule is COc1ccc(OC)c([C@@H]2CCCN2CC(=O)NCc2ccc(N(C)C)cc2)c1. The minimum atomic E-state index is 0.0375. The summed E-state index contributed by atoms with van der Waals surface area (Å²) in [4.78, 5) is 16.9. The number of methoxy groups -OCH3 is 2. The van der Waals surface area contributed by atoms with Gasteiger partial charge in [-0.3, -0.25) is 9.69 Å². The van der Waals surface area contributed by atoms with Crippen molar-refractivity contribution < 1.29 is 14.3 Å². The molecule has 0 spiro atoms. The summed E-state index contributed by atoms with van der Waals surface area (Å²) in [5.74, 6) is 1.68. The number of ether oxygens (including phenoxy) is 2. The van der Waals surface area contributed by atoms with E-state index in [0.29, 0.717) is 13.1 Å². The first kappa shape index (κ1) is 21.0. The molecule has 2 aromatic carbocycles. The van der Waals surface area contributed by atoms with Crippen LogP contribution in [0.2, 0.25) is 0 Å². The predicted octanol–water partition coefficient (Wildman–Crippen LogP) is 3.22. The van der Waals surface area contributed by atoms with Crippen LogP contribution in [0.15, 0.2) is 42.5 Å². The second kappa shape index (κ2) is 9.65. The van der Waals surface area contributed by atoms with Crippen molar-refractivity contribution in [2.24, 2.45) is 0 Å². The molecule has 3 rings (SSSR count). The summed E-state index contributed by atoms with van der Waals surface area (Å²) in [6.07, 6.45) is 2.06. The predicted molar refractivity (Wildman–Crippen MR) is 116 cm³/mol. The van der Waals surface area contributed by atoms with E-state index >= 15 is 0 Å². The van der Waals surface area contributed by atoms with Crippen molar-refractivity contribution in [2.45, 2.75) is 25.4 Å². The molecule has 1 atom stereocenters. The molecule has 1 amide bonds. The second-order valence-corrected chi connectivity index (χ2v) is 7.57. The van der Waals surface area contributed by atoms with Gasteiger partial charge in [0.2, 0.25) is 5.91 Å². The number of anilines is 1. The lowest BCUT2D eigenvalue weighted by atomic mass is 10.0. The summed E-state index contributed by atoms with van der Waals surface area (Å²) in [7, 11) is 7.37. The van der Waals surface area contributed by atoms with Gasteiger partial charge in [-0.25, -0.2) is 0 Å². The van der Waals surface area contributed by atoms with Crippen LogP contribution in [0.1, 0.15) is 30.0 Å². The fourth-order valence-corrected chi connectivity index (χ4v) is 3.82. The van der Waals surface area contributed by atoms with E-state index in [1.54, 1.807) is 14.2 Å². The Labute approximate surface area is 173 Å². The van der Waals surface area contributed by atoms with Crippen LogP contribution in [0.25, 0.3) is 0 Å². The highest BCUT2D eigenvalue weighted by atomic mass is 16.5. The molecule has 0 aliphatic carbocycles. The summed E-state index contributed by atoms with van der Waals surface area (Å²) in [6, 6.07) is 14.2. The Kier molecular flexibility index (Phi) is 6.99. The average molecular weight is 398 g/mol. The van der Waals surface area contributed by atoms with Gasteiger partial charge >= 0.3 is 0 Å². The Morgan fingerprint density at radius 2 is 1.90 bits per heavy atom. The molecule has 1 fully saturated rings. The molecule has 1 heterocycles. The number of nitrogens with one attached hydrogen (secondary N) is 1. The van der Waals surface area contributed by atoms with Crippen LogP contribution in [0.4, 0.5) is 5.69 Å². The minimum absolute atomic E-state index is 0.0375. The number of benzene rings is 2. The smallest absolute Gasteiger partial charge is 0.234 e. The largest absolute Gasteiger partial charge is 0.497 e. The van der Waals surface area contributed by atoms with Gasteiger partial charge in [0.05, 0.1) is 20.8 Å². The third-order valence-electron chi connectivity index (χ3n) is 5.45. The molecule has 2 aromatic rings. The van der Waals surface area contributed by atoms with Crippen LogP contribution >= 0.6 is 0 Å². The summed E-state index contributed by atoms with van der Waals surface area (Å²) in [6.45, 7) is 1.81. The van der Waals surface area contributed by atoms with Crippen molar-refractivity contribution in [3.63, 3.8) is 0 Å². The third-order valence-corrected chi connectivity index (χ3v) is 5.45. The molecule has 0 radical (unpaired) electrons. The number of rotatable bonds is 8. The number of nitrogens with zero attached hydrogens (tertiary/aromatic N) is 2. The normalized spacial score (nSPS) is 16.5. The van der Waals surface area contributed by atoms with E-state index in [4.69, 9.17) is 9.47 Å². The molecule has 1 N–H and O–H groups in total. The minimum Gasteiger partial charge on any atom is -0.497 e. The first-order valence-corrected chi connectivity index (χ1v) is 10.0. The summed E-state index contributed by atoms with van der Waals surface area (Å²) < 4.78 is 10.9. The first-order chi connectivity index (χ1) is 14.0. The second-order valence-electron chi connectivity index (χ2n) is 7.57. The quantitative estimate of drug-likeness (QED) is 0.741.